The van der Waals surface area contributed by atoms with E-state index in [4.69, 9.17) is 10.2 Å². The molecule has 0 aliphatic heterocycles. The average Bonchev–Trinajstić information content (AvgIpc) is 2.16. The summed E-state index contributed by atoms with van der Waals surface area (Å²) in [4.78, 5) is 11.7. The minimum absolute atomic E-state index is 0.289. The smallest absolute Gasteiger partial charge is 0.309 e. The Hall–Kier alpha value is -1.13. The van der Waals surface area contributed by atoms with Crippen LogP contribution in [0.4, 0.5) is 0 Å². The second kappa shape index (κ2) is 5.27. The van der Waals surface area contributed by atoms with Gasteiger partial charge in [0.2, 0.25) is 8.32 Å². The summed E-state index contributed by atoms with van der Waals surface area (Å²) in [6.45, 7) is 5.92. The van der Waals surface area contributed by atoms with E-state index in [1.54, 1.807) is 0 Å². The second-order valence-corrected chi connectivity index (χ2v) is 9.26. The van der Waals surface area contributed by atoms with Crippen LogP contribution in [0.3, 0.4) is 0 Å². The number of nitrogens with two attached hydrogens (primary N) is 1. The van der Waals surface area contributed by atoms with Crippen molar-refractivity contribution in [2.24, 2.45) is 5.73 Å². The van der Waals surface area contributed by atoms with Gasteiger partial charge in [0.25, 0.3) is 0 Å². The van der Waals surface area contributed by atoms with Crippen molar-refractivity contribution < 1.29 is 9.22 Å². The fourth-order valence-corrected chi connectivity index (χ4v) is 2.08. The molecule has 3 nitrogen and oxygen atoms in total. The zero-order chi connectivity index (χ0) is 12.2. The molecular formula is C12H19NO2Si. The van der Waals surface area contributed by atoms with E-state index >= 15 is 0 Å². The molecule has 0 aromatic heterocycles. The third-order valence-electron chi connectivity index (χ3n) is 2.01. The van der Waals surface area contributed by atoms with Gasteiger partial charge >= 0.3 is 5.97 Å². The molecule has 0 saturated heterocycles. The van der Waals surface area contributed by atoms with Crippen LogP contribution in [-0.4, -0.2) is 20.3 Å². The normalized spacial score (nSPS) is 13.2. The molecule has 4 heteroatoms. The van der Waals surface area contributed by atoms with Gasteiger partial charge in [0, 0.05) is 0 Å². The van der Waals surface area contributed by atoms with Crippen LogP contribution >= 0.6 is 0 Å². The van der Waals surface area contributed by atoms with Crippen LogP contribution < -0.4 is 5.73 Å². The number of rotatable bonds is 4. The van der Waals surface area contributed by atoms with Crippen molar-refractivity contribution in [3.63, 3.8) is 0 Å². The van der Waals surface area contributed by atoms with Gasteiger partial charge in [0.1, 0.15) is 6.04 Å². The van der Waals surface area contributed by atoms with Crippen molar-refractivity contribution in [3.05, 3.63) is 35.9 Å². The van der Waals surface area contributed by atoms with Gasteiger partial charge in [-0.3, -0.25) is 4.79 Å². The van der Waals surface area contributed by atoms with Crippen LogP contribution in [0.25, 0.3) is 0 Å². The van der Waals surface area contributed by atoms with Crippen molar-refractivity contribution in [2.45, 2.75) is 32.1 Å². The standard InChI is InChI=1S/C12H19NO2Si/c1-16(2,3)15-12(14)11(13)9-10-7-5-4-6-8-10/h4-8,11H,9,13H2,1-3H3/t11-/m1/s1. The first-order valence-electron chi connectivity index (χ1n) is 5.41. The molecule has 0 unspecified atom stereocenters. The van der Waals surface area contributed by atoms with Crippen molar-refractivity contribution in [1.82, 2.24) is 0 Å². The maximum atomic E-state index is 11.7. The molecule has 0 aliphatic carbocycles. The maximum absolute atomic E-state index is 11.7. The van der Waals surface area contributed by atoms with E-state index in [0.717, 1.165) is 5.56 Å². The van der Waals surface area contributed by atoms with Crippen molar-refractivity contribution >= 4 is 14.3 Å². The van der Waals surface area contributed by atoms with E-state index < -0.39 is 14.4 Å². The molecule has 88 valence electrons. The number of hydrogen-bond donors (Lipinski definition) is 1. The molecule has 0 aliphatic rings. The predicted molar refractivity (Wildman–Crippen MR) is 67.6 cm³/mol. The van der Waals surface area contributed by atoms with Gasteiger partial charge in [0.05, 0.1) is 0 Å². The summed E-state index contributed by atoms with van der Waals surface area (Å²) in [7, 11) is -1.83. The topological polar surface area (TPSA) is 52.3 Å². The molecule has 16 heavy (non-hydrogen) atoms. The summed E-state index contributed by atoms with van der Waals surface area (Å²) < 4.78 is 5.35. The van der Waals surface area contributed by atoms with Gasteiger partial charge < -0.3 is 10.2 Å². The third kappa shape index (κ3) is 4.59. The average molecular weight is 237 g/mol. The molecule has 0 amide bonds. The lowest BCUT2D eigenvalue weighted by molar-refractivity contribution is -0.136. The lowest BCUT2D eigenvalue weighted by Gasteiger charge is -2.20. The van der Waals surface area contributed by atoms with Gasteiger partial charge in [-0.25, -0.2) is 0 Å². The lowest BCUT2D eigenvalue weighted by Crippen LogP contribution is -2.40. The fraction of sp³-hybridized carbons (Fsp3) is 0.417. The zero-order valence-corrected chi connectivity index (χ0v) is 11.1. The first-order valence-corrected chi connectivity index (χ1v) is 8.82. The molecule has 2 N–H and O–H groups in total. The fourth-order valence-electron chi connectivity index (χ4n) is 1.33. The minimum atomic E-state index is -1.83. The van der Waals surface area contributed by atoms with Crippen LogP contribution in [0, 0.1) is 0 Å². The Balaban J connectivity index is 2.53. The molecule has 0 saturated carbocycles. The first-order chi connectivity index (χ1) is 7.38. The molecular weight excluding hydrogens is 218 g/mol. The predicted octanol–water partition coefficient (Wildman–Crippen LogP) is 1.93. The number of benzene rings is 1. The minimum Gasteiger partial charge on any atom is -0.519 e. The summed E-state index contributed by atoms with van der Waals surface area (Å²) >= 11 is 0. The van der Waals surface area contributed by atoms with Crippen molar-refractivity contribution in [2.75, 3.05) is 0 Å². The Bertz CT molecular complexity index is 346. The Morgan fingerprint density at radius 3 is 2.38 bits per heavy atom. The molecule has 0 heterocycles. The number of hydrogen-bond acceptors (Lipinski definition) is 3. The third-order valence-corrected chi connectivity index (χ3v) is 2.82. The molecule has 1 aromatic carbocycles. The van der Waals surface area contributed by atoms with Crippen LogP contribution in [0.5, 0.6) is 0 Å². The molecule has 0 radical (unpaired) electrons. The molecule has 0 fully saturated rings. The quantitative estimate of drug-likeness (QED) is 0.814. The summed E-state index contributed by atoms with van der Waals surface area (Å²) in [6.07, 6.45) is 0.532. The highest BCUT2D eigenvalue weighted by Gasteiger charge is 2.24. The SMILES string of the molecule is C[Si](C)(C)OC(=O)[C@H](N)Cc1ccccc1. The number of carbonyl (C=O) groups is 1. The summed E-state index contributed by atoms with van der Waals surface area (Å²) in [5.41, 5.74) is 6.86. The zero-order valence-electron chi connectivity index (χ0n) is 10.1. The van der Waals surface area contributed by atoms with Gasteiger partial charge in [-0.15, -0.1) is 0 Å². The summed E-state index contributed by atoms with van der Waals surface area (Å²) in [6, 6.07) is 9.17. The van der Waals surface area contributed by atoms with Gasteiger partial charge in [-0.2, -0.15) is 0 Å². The second-order valence-electron chi connectivity index (χ2n) is 4.83. The highest BCUT2D eigenvalue weighted by molar-refractivity contribution is 6.71. The lowest BCUT2D eigenvalue weighted by atomic mass is 10.1. The van der Waals surface area contributed by atoms with Crippen molar-refractivity contribution in [3.8, 4) is 0 Å². The first kappa shape index (κ1) is 12.9. The van der Waals surface area contributed by atoms with Crippen LogP contribution in [-0.2, 0) is 15.6 Å². The van der Waals surface area contributed by atoms with Gasteiger partial charge in [-0.05, 0) is 31.6 Å². The maximum Gasteiger partial charge on any atom is 0.309 e. The molecule has 0 spiro atoms. The van der Waals surface area contributed by atoms with E-state index in [0.29, 0.717) is 6.42 Å². The van der Waals surface area contributed by atoms with E-state index in [9.17, 15) is 4.79 Å². The largest absolute Gasteiger partial charge is 0.519 e. The Kier molecular flexibility index (Phi) is 4.26. The highest BCUT2D eigenvalue weighted by Crippen LogP contribution is 2.07. The Labute approximate surface area is 97.7 Å². The molecule has 1 rings (SSSR count). The van der Waals surface area contributed by atoms with E-state index in [1.807, 2.05) is 50.0 Å². The van der Waals surface area contributed by atoms with E-state index in [2.05, 4.69) is 0 Å². The van der Waals surface area contributed by atoms with Crippen LogP contribution in [0.2, 0.25) is 19.6 Å². The molecule has 0 bridgehead atoms. The monoisotopic (exact) mass is 237 g/mol. The highest BCUT2D eigenvalue weighted by atomic mass is 28.4. The van der Waals surface area contributed by atoms with E-state index in [1.165, 1.54) is 0 Å². The summed E-state index contributed by atoms with van der Waals surface area (Å²) in [5.74, 6) is -0.289. The number of carbonyl (C=O) groups excluding carboxylic acids is 1. The molecule has 1 aromatic rings. The Morgan fingerprint density at radius 1 is 1.31 bits per heavy atom. The summed E-state index contributed by atoms with van der Waals surface area (Å²) in [5, 5.41) is 0. The van der Waals surface area contributed by atoms with Gasteiger partial charge in [0.15, 0.2) is 0 Å². The van der Waals surface area contributed by atoms with Gasteiger partial charge in [-0.1, -0.05) is 30.3 Å². The van der Waals surface area contributed by atoms with Crippen LogP contribution in [0.1, 0.15) is 5.56 Å². The van der Waals surface area contributed by atoms with Crippen LogP contribution in [0.15, 0.2) is 30.3 Å². The molecule has 1 atom stereocenters. The van der Waals surface area contributed by atoms with Crippen molar-refractivity contribution in [1.29, 1.82) is 0 Å². The Morgan fingerprint density at radius 2 is 1.88 bits per heavy atom. The van der Waals surface area contributed by atoms with E-state index in [-0.39, 0.29) is 5.97 Å².